The number of carbonyl (C=O) groups is 2. The molecule has 0 saturated carbocycles. The molecule has 0 aliphatic rings. The molecular weight excluding hydrogens is 457 g/mol. The Bertz CT molecular complexity index is 1210. The van der Waals surface area contributed by atoms with E-state index in [4.69, 9.17) is 37.4 Å². The lowest BCUT2D eigenvalue weighted by atomic mass is 10.1. The van der Waals surface area contributed by atoms with Gasteiger partial charge in [-0.3, -0.25) is 4.79 Å². The largest absolute Gasteiger partial charge is 0.507 e. The Balaban J connectivity index is 2.18. The predicted octanol–water partition coefficient (Wildman–Crippen LogP) is 5.04. The van der Waals surface area contributed by atoms with Crippen molar-refractivity contribution in [2.24, 2.45) is 0 Å². The molecule has 0 saturated heterocycles. The molecule has 168 valence electrons. The maximum atomic E-state index is 12.1. The number of fused-ring (bicyclic) bond motifs is 1. The normalized spacial score (nSPS) is 11.5. The number of halogens is 2. The Labute approximate surface area is 194 Å². The van der Waals surface area contributed by atoms with E-state index in [1.54, 1.807) is 43.5 Å². The van der Waals surface area contributed by atoms with Gasteiger partial charge in [-0.05, 0) is 36.8 Å². The van der Waals surface area contributed by atoms with Crippen LogP contribution in [0.2, 0.25) is 10.0 Å². The molecule has 0 unspecified atom stereocenters. The Morgan fingerprint density at radius 3 is 2.50 bits per heavy atom. The van der Waals surface area contributed by atoms with E-state index in [2.05, 4.69) is 0 Å². The molecular formula is C23H21Cl2NO6. The van der Waals surface area contributed by atoms with E-state index < -0.39 is 17.5 Å². The predicted molar refractivity (Wildman–Crippen MR) is 123 cm³/mol. The van der Waals surface area contributed by atoms with Crippen LogP contribution in [0.4, 0.5) is 0 Å². The molecule has 3 aromatic rings. The van der Waals surface area contributed by atoms with Crippen LogP contribution in [0.5, 0.6) is 11.5 Å². The van der Waals surface area contributed by atoms with Gasteiger partial charge in [0.05, 0.1) is 31.7 Å². The number of ketones is 1. The Morgan fingerprint density at radius 1 is 1.12 bits per heavy atom. The summed E-state index contributed by atoms with van der Waals surface area (Å²) >= 11 is 12.3. The van der Waals surface area contributed by atoms with E-state index in [0.29, 0.717) is 39.0 Å². The molecule has 1 N–H and O–H groups in total. The van der Waals surface area contributed by atoms with E-state index in [-0.39, 0.29) is 12.2 Å². The van der Waals surface area contributed by atoms with E-state index in [0.717, 1.165) is 11.6 Å². The van der Waals surface area contributed by atoms with Crippen LogP contribution in [0.15, 0.2) is 42.6 Å². The van der Waals surface area contributed by atoms with Gasteiger partial charge in [-0.2, -0.15) is 0 Å². The molecule has 32 heavy (non-hydrogen) atoms. The van der Waals surface area contributed by atoms with Gasteiger partial charge in [-0.25, -0.2) is 4.79 Å². The third kappa shape index (κ3) is 4.69. The minimum atomic E-state index is -1.06. The fourth-order valence-corrected chi connectivity index (χ4v) is 3.80. The number of carbonyl (C=O) groups excluding carboxylic acids is 2. The Hall–Kier alpha value is -3.16. The van der Waals surface area contributed by atoms with Crippen molar-refractivity contribution in [1.29, 1.82) is 0 Å². The minimum absolute atomic E-state index is 0.0470. The zero-order valence-electron chi connectivity index (χ0n) is 17.6. The molecule has 1 aromatic heterocycles. The first-order valence-corrected chi connectivity index (χ1v) is 10.4. The van der Waals surface area contributed by atoms with Gasteiger partial charge in [0.15, 0.2) is 11.5 Å². The van der Waals surface area contributed by atoms with E-state index >= 15 is 0 Å². The quantitative estimate of drug-likeness (QED) is 0.211. The van der Waals surface area contributed by atoms with Crippen LogP contribution in [0.1, 0.15) is 18.1 Å². The summed E-state index contributed by atoms with van der Waals surface area (Å²) in [6, 6.07) is 8.70. The van der Waals surface area contributed by atoms with Gasteiger partial charge in [0, 0.05) is 34.4 Å². The van der Waals surface area contributed by atoms with Gasteiger partial charge in [0.25, 0.3) is 5.78 Å². The van der Waals surface area contributed by atoms with Gasteiger partial charge in [-0.15, -0.1) is 0 Å². The lowest BCUT2D eigenvalue weighted by Crippen LogP contribution is -2.15. The zero-order chi connectivity index (χ0) is 23.4. The second-order valence-electron chi connectivity index (χ2n) is 6.72. The van der Waals surface area contributed by atoms with Gasteiger partial charge in [-0.1, -0.05) is 29.3 Å². The third-order valence-corrected chi connectivity index (χ3v) is 5.35. The lowest BCUT2D eigenvalue weighted by molar-refractivity contribution is -0.151. The van der Waals surface area contributed by atoms with Crippen molar-refractivity contribution in [3.05, 3.63) is 63.8 Å². The summed E-state index contributed by atoms with van der Waals surface area (Å²) in [5, 5.41) is 12.2. The van der Waals surface area contributed by atoms with Gasteiger partial charge in [0.1, 0.15) is 5.76 Å². The van der Waals surface area contributed by atoms with Crippen molar-refractivity contribution in [2.45, 2.75) is 13.5 Å². The molecule has 0 atom stereocenters. The summed E-state index contributed by atoms with van der Waals surface area (Å²) < 4.78 is 17.4. The summed E-state index contributed by atoms with van der Waals surface area (Å²) in [4.78, 5) is 23.8. The van der Waals surface area contributed by atoms with Gasteiger partial charge >= 0.3 is 5.97 Å². The number of hydrogen-bond acceptors (Lipinski definition) is 6. The molecule has 0 radical (unpaired) electrons. The molecule has 0 aliphatic heterocycles. The lowest BCUT2D eigenvalue weighted by Gasteiger charge is -2.11. The number of aliphatic hydroxyl groups is 1. The topological polar surface area (TPSA) is 87.0 Å². The number of ether oxygens (including phenoxy) is 3. The van der Waals surface area contributed by atoms with Crippen molar-refractivity contribution >= 4 is 51.6 Å². The monoisotopic (exact) mass is 477 g/mol. The smallest absolute Gasteiger partial charge is 0.379 e. The van der Waals surface area contributed by atoms with Crippen molar-refractivity contribution in [3.8, 4) is 11.5 Å². The average Bonchev–Trinajstić information content (AvgIpc) is 3.13. The van der Waals surface area contributed by atoms with E-state index in [1.165, 1.54) is 14.2 Å². The number of hydrogen-bond donors (Lipinski definition) is 1. The van der Waals surface area contributed by atoms with E-state index in [9.17, 15) is 14.7 Å². The standard InChI is InChI=1S/C23H21Cl2NO6/c1-4-32-23(29)19(28)10-18(27)15-12-26(11-13-5-6-14(24)9-16(13)25)17-7-8-20(30-2)22(31-3)21(15)17/h5-10,12,27H,4,11H2,1-3H3/b18-10-. The highest BCUT2D eigenvalue weighted by molar-refractivity contribution is 6.39. The van der Waals surface area contributed by atoms with Crippen LogP contribution in [0.25, 0.3) is 16.7 Å². The molecule has 0 aliphatic carbocycles. The number of esters is 1. The van der Waals surface area contributed by atoms with Crippen LogP contribution in [-0.2, 0) is 20.9 Å². The summed E-state index contributed by atoms with van der Waals surface area (Å²) in [7, 11) is 2.97. The Kier molecular flexibility index (Phi) is 7.33. The van der Waals surface area contributed by atoms with Gasteiger partial charge in [0.2, 0.25) is 0 Å². The summed E-state index contributed by atoms with van der Waals surface area (Å²) in [6.45, 7) is 1.98. The highest BCUT2D eigenvalue weighted by Crippen LogP contribution is 2.40. The SMILES string of the molecule is CCOC(=O)C(=O)/C=C(\O)c1cn(Cc2ccc(Cl)cc2Cl)c2ccc(OC)c(OC)c12. The Morgan fingerprint density at radius 2 is 1.88 bits per heavy atom. The van der Waals surface area contributed by atoms with Crippen molar-refractivity contribution in [2.75, 3.05) is 20.8 Å². The molecule has 0 spiro atoms. The average molecular weight is 478 g/mol. The molecule has 9 heteroatoms. The highest BCUT2D eigenvalue weighted by atomic mass is 35.5. The number of nitrogens with zero attached hydrogens (tertiary/aromatic N) is 1. The number of methoxy groups -OCH3 is 2. The fourth-order valence-electron chi connectivity index (χ4n) is 3.33. The molecule has 2 aromatic carbocycles. The van der Waals surface area contributed by atoms with Crippen LogP contribution < -0.4 is 9.47 Å². The zero-order valence-corrected chi connectivity index (χ0v) is 19.2. The molecule has 0 bridgehead atoms. The molecule has 0 amide bonds. The second-order valence-corrected chi connectivity index (χ2v) is 7.56. The number of rotatable bonds is 8. The van der Waals surface area contributed by atoms with Crippen molar-refractivity contribution in [3.63, 3.8) is 0 Å². The van der Waals surface area contributed by atoms with E-state index in [1.807, 2.05) is 4.57 Å². The first-order chi connectivity index (χ1) is 15.3. The summed E-state index contributed by atoms with van der Waals surface area (Å²) in [5.41, 5.74) is 1.76. The molecule has 1 heterocycles. The first-order valence-electron chi connectivity index (χ1n) is 9.60. The summed E-state index contributed by atoms with van der Waals surface area (Å²) in [6.07, 6.45) is 2.47. The van der Waals surface area contributed by atoms with Crippen molar-refractivity contribution < 1.29 is 28.9 Å². The van der Waals surface area contributed by atoms with Crippen LogP contribution in [0, 0.1) is 0 Å². The molecule has 0 fully saturated rings. The maximum Gasteiger partial charge on any atom is 0.379 e. The number of benzene rings is 2. The second kappa shape index (κ2) is 9.97. The van der Waals surface area contributed by atoms with Crippen LogP contribution in [0.3, 0.4) is 0 Å². The molecule has 3 rings (SSSR count). The van der Waals surface area contributed by atoms with Gasteiger partial charge < -0.3 is 23.9 Å². The third-order valence-electron chi connectivity index (χ3n) is 4.76. The van der Waals surface area contributed by atoms with Crippen LogP contribution in [-0.4, -0.2) is 42.3 Å². The number of aliphatic hydroxyl groups excluding tert-OH is 1. The molecule has 7 nitrogen and oxygen atoms in total. The minimum Gasteiger partial charge on any atom is -0.507 e. The highest BCUT2D eigenvalue weighted by Gasteiger charge is 2.22. The first kappa shape index (κ1) is 23.5. The number of aromatic nitrogens is 1. The fraction of sp³-hybridized carbons (Fsp3) is 0.217. The maximum absolute atomic E-state index is 12.1. The van der Waals surface area contributed by atoms with Crippen LogP contribution >= 0.6 is 23.2 Å². The van der Waals surface area contributed by atoms with Crippen molar-refractivity contribution in [1.82, 2.24) is 4.57 Å². The summed E-state index contributed by atoms with van der Waals surface area (Å²) in [5.74, 6) is -1.65.